The summed E-state index contributed by atoms with van der Waals surface area (Å²) in [7, 11) is 0. The van der Waals surface area contributed by atoms with Crippen LogP contribution < -0.4 is 5.32 Å². The van der Waals surface area contributed by atoms with E-state index in [1.807, 2.05) is 0 Å². The van der Waals surface area contributed by atoms with Gasteiger partial charge in [0.25, 0.3) is 5.91 Å². The molecule has 0 unspecified atom stereocenters. The maximum Gasteiger partial charge on any atom is 0.392 e. The summed E-state index contributed by atoms with van der Waals surface area (Å²) >= 11 is 0. The molecule has 5 nitrogen and oxygen atoms in total. The molecule has 0 radical (unpaired) electrons. The Morgan fingerprint density at radius 1 is 1.42 bits per heavy atom. The van der Waals surface area contributed by atoms with Gasteiger partial charge in [0.05, 0.1) is 18.0 Å². The van der Waals surface area contributed by atoms with Crippen LogP contribution in [0.15, 0.2) is 24.5 Å². The van der Waals surface area contributed by atoms with Crippen LogP contribution in [-0.4, -0.2) is 47.5 Å². The molecule has 1 aliphatic heterocycles. The molecule has 24 heavy (non-hydrogen) atoms. The van der Waals surface area contributed by atoms with Crippen LogP contribution in [0.3, 0.4) is 0 Å². The van der Waals surface area contributed by atoms with E-state index in [0.717, 1.165) is 0 Å². The fourth-order valence-electron chi connectivity index (χ4n) is 3.04. The number of piperidine rings is 1. The Morgan fingerprint density at radius 2 is 2.12 bits per heavy atom. The van der Waals surface area contributed by atoms with Gasteiger partial charge < -0.3 is 10.2 Å². The number of rotatable bonds is 3. The van der Waals surface area contributed by atoms with Gasteiger partial charge in [0.15, 0.2) is 0 Å². The third kappa shape index (κ3) is 4.24. The van der Waals surface area contributed by atoms with Crippen LogP contribution in [0, 0.1) is 11.3 Å². The number of amides is 2. The molecule has 8 heteroatoms. The molecule has 2 amide bonds. The molecule has 1 atom stereocenters. The van der Waals surface area contributed by atoms with Crippen LogP contribution in [0.5, 0.6) is 0 Å². The number of alkyl halides is 3. The molecule has 0 aliphatic carbocycles. The van der Waals surface area contributed by atoms with Crippen molar-refractivity contribution in [2.75, 3.05) is 19.6 Å². The molecule has 1 aromatic rings. The highest BCUT2D eigenvalue weighted by molar-refractivity contribution is 5.96. The van der Waals surface area contributed by atoms with Crippen molar-refractivity contribution in [3.05, 3.63) is 30.1 Å². The highest BCUT2D eigenvalue weighted by Crippen LogP contribution is 2.44. The summed E-state index contributed by atoms with van der Waals surface area (Å²) in [6.07, 6.45) is -1.50. The molecule has 1 N–H and O–H groups in total. The molecule has 0 spiro atoms. The number of carbonyl (C=O) groups excluding carboxylic acids is 2. The highest BCUT2D eigenvalue weighted by Gasteiger charge is 2.51. The number of hydrogen-bond acceptors (Lipinski definition) is 3. The Bertz CT molecular complexity index is 602. The Morgan fingerprint density at radius 3 is 2.67 bits per heavy atom. The molecular weight excluding hydrogens is 323 g/mol. The molecule has 2 rings (SSSR count). The van der Waals surface area contributed by atoms with Crippen molar-refractivity contribution in [1.29, 1.82) is 0 Å². The molecular formula is C16H20F3N3O2. The zero-order valence-electron chi connectivity index (χ0n) is 13.6. The first-order valence-corrected chi connectivity index (χ1v) is 7.64. The summed E-state index contributed by atoms with van der Waals surface area (Å²) in [6, 6.07) is 3.16. The van der Waals surface area contributed by atoms with E-state index in [-0.39, 0.29) is 32.0 Å². The Balaban J connectivity index is 1.91. The first-order valence-electron chi connectivity index (χ1n) is 7.64. The van der Waals surface area contributed by atoms with Crippen LogP contribution in [0.25, 0.3) is 0 Å². The van der Waals surface area contributed by atoms with Crippen molar-refractivity contribution in [3.8, 4) is 0 Å². The summed E-state index contributed by atoms with van der Waals surface area (Å²) in [5.74, 6) is -2.26. The van der Waals surface area contributed by atoms with E-state index in [2.05, 4.69) is 10.3 Å². The second kappa shape index (κ2) is 6.78. The van der Waals surface area contributed by atoms with Gasteiger partial charge in [-0.3, -0.25) is 14.6 Å². The third-order valence-corrected chi connectivity index (χ3v) is 4.30. The number of likely N-dealkylation sites (tertiary alicyclic amines) is 1. The van der Waals surface area contributed by atoms with E-state index in [4.69, 9.17) is 0 Å². The largest absolute Gasteiger partial charge is 0.392 e. The van der Waals surface area contributed by atoms with E-state index in [0.29, 0.717) is 5.56 Å². The summed E-state index contributed by atoms with van der Waals surface area (Å²) in [4.78, 5) is 29.3. The molecule has 1 fully saturated rings. The van der Waals surface area contributed by atoms with Gasteiger partial charge in [0, 0.05) is 25.5 Å². The average Bonchev–Trinajstić information content (AvgIpc) is 2.50. The van der Waals surface area contributed by atoms with Gasteiger partial charge in [0.2, 0.25) is 5.91 Å². The standard InChI is InChI=1S/C16H20F3N3O2/c1-15(2)10-22(7-5-12(15)16(17,18)19)13(23)9-21-14(24)11-4-3-6-20-8-11/h3-4,6,8,12H,5,7,9-10H2,1-2H3,(H,21,24)/t12-/m1/s1. The van der Waals surface area contributed by atoms with Crippen molar-refractivity contribution >= 4 is 11.8 Å². The number of nitrogens with zero attached hydrogens (tertiary/aromatic N) is 2. The number of hydrogen-bond donors (Lipinski definition) is 1. The van der Waals surface area contributed by atoms with E-state index in [1.54, 1.807) is 12.1 Å². The average molecular weight is 343 g/mol. The minimum Gasteiger partial charge on any atom is -0.343 e. The summed E-state index contributed by atoms with van der Waals surface area (Å²) in [5.41, 5.74) is -0.735. The van der Waals surface area contributed by atoms with E-state index >= 15 is 0 Å². The van der Waals surface area contributed by atoms with Gasteiger partial charge >= 0.3 is 6.18 Å². The molecule has 1 aromatic heterocycles. The molecule has 1 saturated heterocycles. The summed E-state index contributed by atoms with van der Waals surface area (Å²) < 4.78 is 39.1. The van der Waals surface area contributed by atoms with Crippen molar-refractivity contribution in [3.63, 3.8) is 0 Å². The predicted molar refractivity (Wildman–Crippen MR) is 81.1 cm³/mol. The third-order valence-electron chi connectivity index (χ3n) is 4.30. The van der Waals surface area contributed by atoms with Gasteiger partial charge in [0.1, 0.15) is 0 Å². The number of carbonyl (C=O) groups is 2. The lowest BCUT2D eigenvalue weighted by atomic mass is 9.73. The first-order chi connectivity index (χ1) is 11.1. The SMILES string of the molecule is CC1(C)CN(C(=O)CNC(=O)c2cccnc2)CC[C@H]1C(F)(F)F. The molecule has 132 valence electrons. The molecule has 1 aliphatic rings. The van der Waals surface area contributed by atoms with E-state index in [1.165, 1.54) is 31.1 Å². The Hall–Kier alpha value is -2.12. The normalized spacial score (nSPS) is 20.5. The fraction of sp³-hybridized carbons (Fsp3) is 0.562. The fourth-order valence-corrected chi connectivity index (χ4v) is 3.04. The maximum atomic E-state index is 13.0. The first kappa shape index (κ1) is 18.2. The quantitative estimate of drug-likeness (QED) is 0.916. The Labute approximate surface area is 138 Å². The van der Waals surface area contributed by atoms with Crippen LogP contribution in [-0.2, 0) is 4.79 Å². The number of pyridine rings is 1. The second-order valence-electron chi connectivity index (χ2n) is 6.61. The van der Waals surface area contributed by atoms with Crippen LogP contribution in [0.4, 0.5) is 13.2 Å². The van der Waals surface area contributed by atoms with Gasteiger partial charge in [-0.25, -0.2) is 0 Å². The smallest absolute Gasteiger partial charge is 0.343 e. The number of halogens is 3. The highest BCUT2D eigenvalue weighted by atomic mass is 19.4. The van der Waals surface area contributed by atoms with Gasteiger partial charge in [-0.05, 0) is 24.0 Å². The van der Waals surface area contributed by atoms with E-state index in [9.17, 15) is 22.8 Å². The van der Waals surface area contributed by atoms with E-state index < -0.39 is 23.4 Å². The zero-order valence-corrected chi connectivity index (χ0v) is 13.6. The molecule has 2 heterocycles. The van der Waals surface area contributed by atoms with Gasteiger partial charge in [-0.1, -0.05) is 13.8 Å². The number of aromatic nitrogens is 1. The van der Waals surface area contributed by atoms with Crippen molar-refractivity contribution in [2.24, 2.45) is 11.3 Å². The summed E-state index contributed by atoms with van der Waals surface area (Å²) in [6.45, 7) is 2.83. The second-order valence-corrected chi connectivity index (χ2v) is 6.61. The van der Waals surface area contributed by atoms with Crippen LogP contribution in [0.1, 0.15) is 30.6 Å². The lowest BCUT2D eigenvalue weighted by Crippen LogP contribution is -2.54. The topological polar surface area (TPSA) is 62.3 Å². The van der Waals surface area contributed by atoms with Gasteiger partial charge in [-0.15, -0.1) is 0 Å². The lowest BCUT2D eigenvalue weighted by molar-refractivity contribution is -0.217. The molecule has 0 aromatic carbocycles. The predicted octanol–water partition coefficient (Wildman–Crippen LogP) is 2.25. The minimum atomic E-state index is -4.27. The minimum absolute atomic E-state index is 0.0127. The Kier molecular flexibility index (Phi) is 5.15. The van der Waals surface area contributed by atoms with Crippen molar-refractivity contribution < 1.29 is 22.8 Å². The molecule has 0 saturated carbocycles. The lowest BCUT2D eigenvalue weighted by Gasteiger charge is -2.44. The zero-order chi connectivity index (χ0) is 18.0. The summed E-state index contributed by atoms with van der Waals surface area (Å²) in [5, 5.41) is 2.47. The van der Waals surface area contributed by atoms with Crippen molar-refractivity contribution in [1.82, 2.24) is 15.2 Å². The van der Waals surface area contributed by atoms with Crippen molar-refractivity contribution in [2.45, 2.75) is 26.4 Å². The van der Waals surface area contributed by atoms with Crippen LogP contribution >= 0.6 is 0 Å². The van der Waals surface area contributed by atoms with Crippen LogP contribution in [0.2, 0.25) is 0 Å². The van der Waals surface area contributed by atoms with Gasteiger partial charge in [-0.2, -0.15) is 13.2 Å². The number of nitrogens with one attached hydrogen (secondary N) is 1. The maximum absolute atomic E-state index is 13.0. The molecule has 0 bridgehead atoms. The monoisotopic (exact) mass is 343 g/mol.